The Kier molecular flexibility index (Phi) is 45.5. The smallest absolute Gasteiger partial charge is 0.306 e. The van der Waals surface area contributed by atoms with Crippen LogP contribution in [0, 0.1) is 0 Å². The van der Waals surface area contributed by atoms with Crippen LogP contribution in [0.15, 0.2) is 60.8 Å². The van der Waals surface area contributed by atoms with Crippen LogP contribution in [-0.4, -0.2) is 142 Å². The van der Waals surface area contributed by atoms with E-state index in [-0.39, 0.29) is 25.6 Å². The molecule has 14 nitrogen and oxygen atoms in total. The summed E-state index contributed by atoms with van der Waals surface area (Å²) in [5.41, 5.74) is 0. The van der Waals surface area contributed by atoms with Gasteiger partial charge in [-0.05, 0) is 77.0 Å². The van der Waals surface area contributed by atoms with Crippen molar-refractivity contribution in [3.05, 3.63) is 60.8 Å². The molecule has 77 heavy (non-hydrogen) atoms. The fourth-order valence-corrected chi connectivity index (χ4v) is 9.57. The Morgan fingerprint density at radius 3 is 1.32 bits per heavy atom. The highest BCUT2D eigenvalue weighted by atomic mass is 16.7. The minimum Gasteiger partial charge on any atom is -0.457 e. The van der Waals surface area contributed by atoms with E-state index in [0.717, 1.165) is 70.6 Å². The molecule has 0 aromatic heterocycles. The molecule has 2 heterocycles. The zero-order valence-corrected chi connectivity index (χ0v) is 48.2. The van der Waals surface area contributed by atoms with Gasteiger partial charge in [0.05, 0.1) is 26.4 Å². The molecule has 2 aliphatic rings. The molecule has 0 radical (unpaired) electrons. The normalized spacial score (nSPS) is 24.7. The molecule has 0 aromatic carbocycles. The Bertz CT molecular complexity index is 1500. The summed E-state index contributed by atoms with van der Waals surface area (Å²) in [5, 5.41) is 72.4. The number of unbranched alkanes of at least 4 members (excludes halogenated alkanes) is 26. The fourth-order valence-electron chi connectivity index (χ4n) is 9.57. The van der Waals surface area contributed by atoms with Crippen LogP contribution in [0.2, 0.25) is 0 Å². The first-order chi connectivity index (χ1) is 37.6. The lowest BCUT2D eigenvalue weighted by Gasteiger charge is -2.42. The van der Waals surface area contributed by atoms with Gasteiger partial charge in [0.15, 0.2) is 12.6 Å². The highest BCUT2D eigenvalue weighted by molar-refractivity contribution is 5.69. The van der Waals surface area contributed by atoms with Crippen molar-refractivity contribution in [3.8, 4) is 0 Å². The molecule has 2 fully saturated rings. The molecule has 2 saturated heterocycles. The van der Waals surface area contributed by atoms with E-state index in [9.17, 15) is 40.5 Å². The lowest BCUT2D eigenvalue weighted by molar-refractivity contribution is -0.332. The number of aliphatic hydroxyl groups excluding tert-OH is 7. The fraction of sp³-hybridized carbons (Fsp3) is 0.825. The minimum absolute atomic E-state index is 0.0552. The molecule has 0 bridgehead atoms. The van der Waals surface area contributed by atoms with Crippen molar-refractivity contribution in [1.29, 1.82) is 0 Å². The van der Waals surface area contributed by atoms with Gasteiger partial charge in [-0.25, -0.2) is 0 Å². The molecule has 0 spiro atoms. The van der Waals surface area contributed by atoms with Crippen LogP contribution in [0.25, 0.3) is 0 Å². The molecule has 7 N–H and O–H groups in total. The van der Waals surface area contributed by atoms with Gasteiger partial charge >= 0.3 is 5.97 Å². The van der Waals surface area contributed by atoms with E-state index in [2.05, 4.69) is 74.6 Å². The summed E-state index contributed by atoms with van der Waals surface area (Å²) in [7, 11) is 0. The topological polar surface area (TPSA) is 214 Å². The molecule has 0 amide bonds. The molecule has 11 atom stereocenters. The number of ether oxygens (including phenoxy) is 6. The van der Waals surface area contributed by atoms with E-state index >= 15 is 0 Å². The number of carbonyl (C=O) groups excluding carboxylic acids is 1. The molecule has 11 unspecified atom stereocenters. The van der Waals surface area contributed by atoms with Crippen LogP contribution in [0.3, 0.4) is 0 Å². The molecule has 2 aliphatic heterocycles. The largest absolute Gasteiger partial charge is 0.457 e. The first-order valence-corrected chi connectivity index (χ1v) is 30.9. The first kappa shape index (κ1) is 70.8. The number of hydrogen-bond acceptors (Lipinski definition) is 14. The predicted molar refractivity (Wildman–Crippen MR) is 307 cm³/mol. The van der Waals surface area contributed by atoms with Gasteiger partial charge in [-0.2, -0.15) is 0 Å². The summed E-state index contributed by atoms with van der Waals surface area (Å²) >= 11 is 0. The quantitative estimate of drug-likeness (QED) is 0.0172. The van der Waals surface area contributed by atoms with E-state index in [4.69, 9.17) is 28.4 Å². The van der Waals surface area contributed by atoms with Crippen molar-refractivity contribution in [3.63, 3.8) is 0 Å². The van der Waals surface area contributed by atoms with Crippen molar-refractivity contribution in [2.75, 3.05) is 33.0 Å². The van der Waals surface area contributed by atoms with Crippen molar-refractivity contribution in [2.24, 2.45) is 0 Å². The molecular weight excluding hydrogens is 981 g/mol. The van der Waals surface area contributed by atoms with Gasteiger partial charge in [0, 0.05) is 13.0 Å². The third kappa shape index (κ3) is 35.9. The standard InChI is InChI=1S/C63H112O14/c1-3-5-7-9-11-13-15-17-19-21-23-24-25-26-27-28-29-30-32-34-36-38-40-42-44-46-55(65)75-52(49-72-47-45-43-41-39-37-35-33-31-22-20-18-16-14-12-10-8-6-4-2)50-73-62-61(71)59(69)57(67)54(77-62)51-74-63-60(70)58(68)56(66)53(48-64)76-63/h6,8,12,14-15,17-18,20-21,23,52-54,56-64,66-71H,3-5,7,9-11,13,16,19,22,24-51H2,1-2H3/b8-6-,14-12-,17-15-,20-18-,23-21-. The van der Waals surface area contributed by atoms with Crippen LogP contribution in [0.5, 0.6) is 0 Å². The molecule has 0 aliphatic carbocycles. The minimum atomic E-state index is -1.71. The maximum atomic E-state index is 13.1. The lowest BCUT2D eigenvalue weighted by atomic mass is 9.98. The summed E-state index contributed by atoms with van der Waals surface area (Å²) in [6.45, 7) is 3.57. The van der Waals surface area contributed by atoms with E-state index < -0.39 is 80.7 Å². The van der Waals surface area contributed by atoms with E-state index in [1.165, 1.54) is 135 Å². The summed E-state index contributed by atoms with van der Waals surface area (Å²) in [6, 6.07) is 0. The van der Waals surface area contributed by atoms with Crippen molar-refractivity contribution in [2.45, 2.75) is 300 Å². The van der Waals surface area contributed by atoms with Gasteiger partial charge in [0.25, 0.3) is 0 Å². The van der Waals surface area contributed by atoms with E-state index in [1.807, 2.05) is 0 Å². The highest BCUT2D eigenvalue weighted by Gasteiger charge is 2.47. The average Bonchev–Trinajstić information content (AvgIpc) is 3.43. The Morgan fingerprint density at radius 2 is 0.844 bits per heavy atom. The number of esters is 1. The van der Waals surface area contributed by atoms with Crippen LogP contribution >= 0.6 is 0 Å². The maximum Gasteiger partial charge on any atom is 0.306 e. The maximum absolute atomic E-state index is 13.1. The van der Waals surface area contributed by atoms with Gasteiger partial charge in [-0.15, -0.1) is 0 Å². The Hall–Kier alpha value is -2.31. The summed E-state index contributed by atoms with van der Waals surface area (Å²) in [4.78, 5) is 13.1. The number of rotatable bonds is 50. The average molecular weight is 1090 g/mol. The summed E-state index contributed by atoms with van der Waals surface area (Å²) in [5.74, 6) is -0.379. The second kappa shape index (κ2) is 49.5. The summed E-state index contributed by atoms with van der Waals surface area (Å²) < 4.78 is 34.4. The Morgan fingerprint density at radius 1 is 0.442 bits per heavy atom. The van der Waals surface area contributed by atoms with Crippen molar-refractivity contribution < 1.29 is 69.0 Å². The number of hydrogen-bond donors (Lipinski definition) is 7. The zero-order valence-electron chi connectivity index (χ0n) is 48.2. The first-order valence-electron chi connectivity index (χ1n) is 30.9. The molecule has 2 rings (SSSR count). The van der Waals surface area contributed by atoms with Gasteiger partial charge in [0.1, 0.15) is 54.9 Å². The van der Waals surface area contributed by atoms with Crippen molar-refractivity contribution in [1.82, 2.24) is 0 Å². The zero-order chi connectivity index (χ0) is 55.8. The molecule has 14 heteroatoms. The van der Waals surface area contributed by atoms with Crippen LogP contribution in [0.4, 0.5) is 0 Å². The Labute approximate surface area is 466 Å². The van der Waals surface area contributed by atoms with Crippen LogP contribution in [0.1, 0.15) is 232 Å². The third-order valence-corrected chi connectivity index (χ3v) is 14.5. The Balaban J connectivity index is 1.68. The third-order valence-electron chi connectivity index (χ3n) is 14.5. The van der Waals surface area contributed by atoms with Crippen molar-refractivity contribution >= 4 is 5.97 Å². The highest BCUT2D eigenvalue weighted by Crippen LogP contribution is 2.27. The lowest BCUT2D eigenvalue weighted by Crippen LogP contribution is -2.61. The van der Waals surface area contributed by atoms with E-state index in [0.29, 0.717) is 13.0 Å². The van der Waals surface area contributed by atoms with Gasteiger partial charge in [-0.1, -0.05) is 209 Å². The van der Waals surface area contributed by atoms with Gasteiger partial charge in [-0.3, -0.25) is 4.79 Å². The number of carbonyl (C=O) groups is 1. The molecule has 0 saturated carbocycles. The second-order valence-corrected chi connectivity index (χ2v) is 21.5. The van der Waals surface area contributed by atoms with Crippen LogP contribution < -0.4 is 0 Å². The van der Waals surface area contributed by atoms with E-state index in [1.54, 1.807) is 0 Å². The van der Waals surface area contributed by atoms with Gasteiger partial charge in [0.2, 0.25) is 0 Å². The van der Waals surface area contributed by atoms with Gasteiger partial charge < -0.3 is 64.2 Å². The second-order valence-electron chi connectivity index (χ2n) is 21.5. The summed E-state index contributed by atoms with van der Waals surface area (Å²) in [6.07, 6.45) is 45.7. The predicted octanol–water partition coefficient (Wildman–Crippen LogP) is 11.6. The molecular formula is C63H112O14. The monoisotopic (exact) mass is 1090 g/mol. The molecule has 448 valence electrons. The number of aliphatic hydroxyl groups is 7. The van der Waals surface area contributed by atoms with Crippen LogP contribution in [-0.2, 0) is 33.2 Å². The molecule has 0 aromatic rings. The number of allylic oxidation sites excluding steroid dienone is 10. The SMILES string of the molecule is CC/C=C\C/C=C\C/C=C\CCCCCCCCCCOCC(COC1OC(COC2OC(CO)C(O)C(O)C2O)C(O)C(O)C1O)OC(=O)CCCCCCCCCCCCCCC/C=C\C/C=C\CCCCCCC.